The van der Waals surface area contributed by atoms with Gasteiger partial charge in [0.1, 0.15) is 5.69 Å². The van der Waals surface area contributed by atoms with Gasteiger partial charge in [0, 0.05) is 24.2 Å². The lowest BCUT2D eigenvalue weighted by Crippen LogP contribution is -2.42. The van der Waals surface area contributed by atoms with Gasteiger partial charge in [0.15, 0.2) is 0 Å². The molecule has 1 aliphatic rings. The number of piperidine rings is 1. The first-order valence-electron chi connectivity index (χ1n) is 6.41. The molecule has 1 aromatic rings. The maximum Gasteiger partial charge on any atom is 0.274 e. The lowest BCUT2D eigenvalue weighted by atomic mass is 9.92. The lowest BCUT2D eigenvalue weighted by molar-refractivity contribution is 0.0469. The van der Waals surface area contributed by atoms with Crippen molar-refractivity contribution >= 4 is 5.91 Å². The standard InChI is InChI=1S/C13H21N3O2/c1-13(2,3)11-7-10(14-15-11)12(18)16-6-4-5-9(17)8-16/h7,9,17H,4-6,8H2,1-3H3,(H,14,15). The van der Waals surface area contributed by atoms with Crippen LogP contribution in [0.4, 0.5) is 0 Å². The summed E-state index contributed by atoms with van der Waals surface area (Å²) in [6, 6.07) is 1.81. The van der Waals surface area contributed by atoms with Gasteiger partial charge in [-0.1, -0.05) is 20.8 Å². The highest BCUT2D eigenvalue weighted by Gasteiger charge is 2.26. The van der Waals surface area contributed by atoms with Gasteiger partial charge in [-0.05, 0) is 18.9 Å². The van der Waals surface area contributed by atoms with Gasteiger partial charge in [0.25, 0.3) is 5.91 Å². The Hall–Kier alpha value is -1.36. The molecular formula is C13H21N3O2. The van der Waals surface area contributed by atoms with Gasteiger partial charge in [-0.3, -0.25) is 9.89 Å². The van der Waals surface area contributed by atoms with Gasteiger partial charge in [0.2, 0.25) is 0 Å². The molecule has 2 heterocycles. The molecule has 1 amide bonds. The molecule has 0 bridgehead atoms. The fraction of sp³-hybridized carbons (Fsp3) is 0.692. The highest BCUT2D eigenvalue weighted by molar-refractivity contribution is 5.92. The predicted octanol–water partition coefficient (Wildman–Crippen LogP) is 1.30. The van der Waals surface area contributed by atoms with Crippen molar-refractivity contribution in [1.82, 2.24) is 15.1 Å². The van der Waals surface area contributed by atoms with Crippen LogP contribution in [0.25, 0.3) is 0 Å². The number of aliphatic hydroxyl groups excluding tert-OH is 1. The normalized spacial score (nSPS) is 21.1. The Balaban J connectivity index is 2.11. The smallest absolute Gasteiger partial charge is 0.274 e. The molecule has 1 unspecified atom stereocenters. The summed E-state index contributed by atoms with van der Waals surface area (Å²) in [4.78, 5) is 13.9. The third kappa shape index (κ3) is 2.72. The number of aromatic amines is 1. The maximum absolute atomic E-state index is 12.2. The van der Waals surface area contributed by atoms with Crippen molar-refractivity contribution in [2.75, 3.05) is 13.1 Å². The van der Waals surface area contributed by atoms with E-state index in [-0.39, 0.29) is 11.3 Å². The molecule has 1 saturated heterocycles. The van der Waals surface area contributed by atoms with Crippen LogP contribution in [0.2, 0.25) is 0 Å². The maximum atomic E-state index is 12.2. The van der Waals surface area contributed by atoms with Gasteiger partial charge < -0.3 is 10.0 Å². The van der Waals surface area contributed by atoms with Crippen LogP contribution in [0.3, 0.4) is 0 Å². The topological polar surface area (TPSA) is 69.2 Å². The summed E-state index contributed by atoms with van der Waals surface area (Å²) < 4.78 is 0. The summed E-state index contributed by atoms with van der Waals surface area (Å²) in [5, 5.41) is 16.6. The monoisotopic (exact) mass is 251 g/mol. The molecule has 5 heteroatoms. The molecule has 18 heavy (non-hydrogen) atoms. The average Bonchev–Trinajstić information content (AvgIpc) is 2.77. The van der Waals surface area contributed by atoms with E-state index in [9.17, 15) is 9.90 Å². The summed E-state index contributed by atoms with van der Waals surface area (Å²) in [5.41, 5.74) is 1.34. The summed E-state index contributed by atoms with van der Waals surface area (Å²) in [7, 11) is 0. The molecular weight excluding hydrogens is 230 g/mol. The number of carbonyl (C=O) groups is 1. The molecule has 0 spiro atoms. The number of aromatic nitrogens is 2. The number of rotatable bonds is 1. The van der Waals surface area contributed by atoms with Crippen molar-refractivity contribution in [3.63, 3.8) is 0 Å². The molecule has 2 rings (SSSR count). The van der Waals surface area contributed by atoms with Crippen LogP contribution in [0.1, 0.15) is 49.8 Å². The second-order valence-corrected chi connectivity index (χ2v) is 5.96. The van der Waals surface area contributed by atoms with Gasteiger partial charge >= 0.3 is 0 Å². The van der Waals surface area contributed by atoms with Crippen molar-refractivity contribution in [3.05, 3.63) is 17.5 Å². The van der Waals surface area contributed by atoms with E-state index in [1.807, 2.05) is 6.07 Å². The molecule has 1 fully saturated rings. The number of hydrogen-bond donors (Lipinski definition) is 2. The van der Waals surface area contributed by atoms with E-state index < -0.39 is 6.10 Å². The van der Waals surface area contributed by atoms with E-state index in [4.69, 9.17) is 0 Å². The average molecular weight is 251 g/mol. The first-order chi connectivity index (χ1) is 8.38. The molecule has 5 nitrogen and oxygen atoms in total. The summed E-state index contributed by atoms with van der Waals surface area (Å²) in [6.45, 7) is 7.32. The van der Waals surface area contributed by atoms with Crippen molar-refractivity contribution in [2.45, 2.75) is 45.1 Å². The van der Waals surface area contributed by atoms with E-state index >= 15 is 0 Å². The second-order valence-electron chi connectivity index (χ2n) is 5.96. The van der Waals surface area contributed by atoms with Crippen molar-refractivity contribution in [2.24, 2.45) is 0 Å². The molecule has 100 valence electrons. The zero-order valence-electron chi connectivity index (χ0n) is 11.2. The van der Waals surface area contributed by atoms with E-state index in [1.165, 1.54) is 0 Å². The number of nitrogens with one attached hydrogen (secondary N) is 1. The quantitative estimate of drug-likeness (QED) is 0.790. The zero-order chi connectivity index (χ0) is 13.3. The molecule has 1 atom stereocenters. The predicted molar refractivity (Wildman–Crippen MR) is 68.4 cm³/mol. The molecule has 2 N–H and O–H groups in total. The number of aliphatic hydroxyl groups is 1. The summed E-state index contributed by atoms with van der Waals surface area (Å²) in [6.07, 6.45) is 1.23. The summed E-state index contributed by atoms with van der Waals surface area (Å²) in [5.74, 6) is -0.0968. The number of hydrogen-bond acceptors (Lipinski definition) is 3. The highest BCUT2D eigenvalue weighted by Crippen LogP contribution is 2.21. The summed E-state index contributed by atoms with van der Waals surface area (Å²) >= 11 is 0. The molecule has 0 radical (unpaired) electrons. The Labute approximate surface area is 107 Å². The Kier molecular flexibility index (Phi) is 3.43. The molecule has 0 aliphatic carbocycles. The van der Waals surface area contributed by atoms with Crippen LogP contribution in [0, 0.1) is 0 Å². The third-order valence-corrected chi connectivity index (χ3v) is 3.29. The van der Waals surface area contributed by atoms with Gasteiger partial charge in [-0.15, -0.1) is 0 Å². The Morgan fingerprint density at radius 2 is 2.28 bits per heavy atom. The first-order valence-corrected chi connectivity index (χ1v) is 6.41. The third-order valence-electron chi connectivity index (χ3n) is 3.29. The van der Waals surface area contributed by atoms with E-state index in [0.29, 0.717) is 18.8 Å². The number of amides is 1. The molecule has 1 aromatic heterocycles. The molecule has 0 saturated carbocycles. The van der Waals surface area contributed by atoms with E-state index in [2.05, 4.69) is 31.0 Å². The zero-order valence-corrected chi connectivity index (χ0v) is 11.2. The van der Waals surface area contributed by atoms with Crippen LogP contribution < -0.4 is 0 Å². The molecule has 0 aromatic carbocycles. The number of nitrogens with zero attached hydrogens (tertiary/aromatic N) is 2. The van der Waals surface area contributed by atoms with Gasteiger partial charge in [0.05, 0.1) is 6.10 Å². The Morgan fingerprint density at radius 3 is 2.83 bits per heavy atom. The number of likely N-dealkylation sites (tertiary alicyclic amines) is 1. The van der Waals surface area contributed by atoms with Crippen LogP contribution in [0.15, 0.2) is 6.07 Å². The van der Waals surface area contributed by atoms with Crippen molar-refractivity contribution < 1.29 is 9.90 Å². The SMILES string of the molecule is CC(C)(C)c1cc(C(=O)N2CCCC(O)C2)n[nH]1. The van der Waals surface area contributed by atoms with Crippen molar-refractivity contribution in [1.29, 1.82) is 0 Å². The fourth-order valence-electron chi connectivity index (χ4n) is 2.12. The van der Waals surface area contributed by atoms with E-state index in [1.54, 1.807) is 4.90 Å². The number of carbonyl (C=O) groups excluding carboxylic acids is 1. The van der Waals surface area contributed by atoms with Crippen LogP contribution in [-0.4, -0.2) is 45.3 Å². The Morgan fingerprint density at radius 1 is 1.56 bits per heavy atom. The lowest BCUT2D eigenvalue weighted by Gasteiger charge is -2.29. The largest absolute Gasteiger partial charge is 0.391 e. The van der Waals surface area contributed by atoms with Crippen LogP contribution in [0.5, 0.6) is 0 Å². The van der Waals surface area contributed by atoms with Crippen LogP contribution >= 0.6 is 0 Å². The highest BCUT2D eigenvalue weighted by atomic mass is 16.3. The van der Waals surface area contributed by atoms with Crippen LogP contribution in [-0.2, 0) is 5.41 Å². The number of H-pyrrole nitrogens is 1. The minimum absolute atomic E-state index is 0.0487. The van der Waals surface area contributed by atoms with Gasteiger partial charge in [-0.2, -0.15) is 5.10 Å². The number of β-amino-alcohol motifs (C(OH)–C–C–N with tert-alkyl or cyclic N) is 1. The van der Waals surface area contributed by atoms with Gasteiger partial charge in [-0.25, -0.2) is 0 Å². The first kappa shape index (κ1) is 13.1. The Bertz CT molecular complexity index is 434. The van der Waals surface area contributed by atoms with Crippen molar-refractivity contribution in [3.8, 4) is 0 Å². The van der Waals surface area contributed by atoms with E-state index in [0.717, 1.165) is 18.5 Å². The minimum atomic E-state index is -0.399. The fourth-order valence-corrected chi connectivity index (χ4v) is 2.12. The minimum Gasteiger partial charge on any atom is -0.391 e. The second kappa shape index (κ2) is 4.72. The molecule has 1 aliphatic heterocycles.